The Bertz CT molecular complexity index is 1120. The van der Waals surface area contributed by atoms with Crippen molar-refractivity contribution in [1.82, 2.24) is 15.2 Å². The Balaban J connectivity index is 1.56. The minimum Gasteiger partial charge on any atom is -0.360 e. The van der Waals surface area contributed by atoms with Crippen molar-refractivity contribution in [2.75, 3.05) is 0 Å². The number of halogens is 4. The van der Waals surface area contributed by atoms with E-state index in [9.17, 15) is 22.8 Å². The van der Waals surface area contributed by atoms with Gasteiger partial charge in [0.05, 0.1) is 12.1 Å². The number of hydrogen-bond donors (Lipinski definition) is 2. The lowest BCUT2D eigenvalue weighted by atomic mass is 10.0. The second-order valence-corrected chi connectivity index (χ2v) is 6.82. The fourth-order valence-corrected chi connectivity index (χ4v) is 3.51. The lowest BCUT2D eigenvalue weighted by molar-refractivity contribution is -0.127. The number of H-pyrrole nitrogens is 1. The number of aromatic amines is 1. The summed E-state index contributed by atoms with van der Waals surface area (Å²) in [6.45, 7) is -0.379. The van der Waals surface area contributed by atoms with E-state index < -0.39 is 35.4 Å². The van der Waals surface area contributed by atoms with Gasteiger partial charge in [0, 0.05) is 23.6 Å². The number of rotatable bonds is 4. The average molecular weight is 408 g/mol. The minimum atomic E-state index is -1.10. The SMILES string of the molecule is O=C1NC(Cc2c[nH]c3c(Cl)c(F)ccc23)C(=O)N1Cc1cccc(F)c1F. The van der Waals surface area contributed by atoms with Crippen LogP contribution in [0.1, 0.15) is 11.1 Å². The van der Waals surface area contributed by atoms with Crippen molar-refractivity contribution in [1.29, 1.82) is 0 Å². The van der Waals surface area contributed by atoms with Crippen LogP contribution in [0.2, 0.25) is 5.02 Å². The maximum absolute atomic E-state index is 13.9. The number of urea groups is 1. The fraction of sp³-hybridized carbons (Fsp3) is 0.158. The molecule has 9 heteroatoms. The van der Waals surface area contributed by atoms with E-state index in [1.807, 2.05) is 0 Å². The van der Waals surface area contributed by atoms with Gasteiger partial charge < -0.3 is 10.3 Å². The first kappa shape index (κ1) is 18.4. The Morgan fingerprint density at radius 2 is 1.82 bits per heavy atom. The van der Waals surface area contributed by atoms with Gasteiger partial charge in [-0.3, -0.25) is 9.69 Å². The van der Waals surface area contributed by atoms with Crippen molar-refractivity contribution >= 4 is 34.4 Å². The highest BCUT2D eigenvalue weighted by Crippen LogP contribution is 2.29. The topological polar surface area (TPSA) is 65.2 Å². The van der Waals surface area contributed by atoms with Gasteiger partial charge in [-0.25, -0.2) is 18.0 Å². The number of imide groups is 1. The van der Waals surface area contributed by atoms with Crippen LogP contribution in [-0.2, 0) is 17.8 Å². The molecule has 0 aliphatic carbocycles. The van der Waals surface area contributed by atoms with Gasteiger partial charge in [-0.15, -0.1) is 0 Å². The van der Waals surface area contributed by atoms with Crippen molar-refractivity contribution in [3.8, 4) is 0 Å². The van der Waals surface area contributed by atoms with Gasteiger partial charge in [0.2, 0.25) is 0 Å². The van der Waals surface area contributed by atoms with Crippen molar-refractivity contribution in [2.45, 2.75) is 19.0 Å². The molecule has 1 fully saturated rings. The van der Waals surface area contributed by atoms with Crippen molar-refractivity contribution in [3.05, 3.63) is 70.1 Å². The van der Waals surface area contributed by atoms with Gasteiger partial charge in [-0.05, 0) is 23.8 Å². The lowest BCUT2D eigenvalue weighted by Crippen LogP contribution is -2.32. The minimum absolute atomic E-state index is 0.0614. The molecule has 1 saturated heterocycles. The zero-order valence-electron chi connectivity index (χ0n) is 14.2. The predicted octanol–water partition coefficient (Wildman–Crippen LogP) is 3.90. The molecule has 1 aliphatic heterocycles. The number of carbonyl (C=O) groups excluding carboxylic acids is 2. The van der Waals surface area contributed by atoms with Crippen molar-refractivity contribution in [2.24, 2.45) is 0 Å². The summed E-state index contributed by atoms with van der Waals surface area (Å²) in [5.74, 6) is -3.28. The van der Waals surface area contributed by atoms with Crippen LogP contribution in [0.15, 0.2) is 36.5 Å². The van der Waals surface area contributed by atoms with Gasteiger partial charge >= 0.3 is 6.03 Å². The highest BCUT2D eigenvalue weighted by Gasteiger charge is 2.38. The average Bonchev–Trinajstić information content (AvgIpc) is 3.18. The number of benzene rings is 2. The van der Waals surface area contributed by atoms with Crippen LogP contribution in [0, 0.1) is 17.5 Å². The second kappa shape index (κ2) is 6.87. The van der Waals surface area contributed by atoms with Crippen LogP contribution in [-0.4, -0.2) is 27.9 Å². The molecule has 144 valence electrons. The van der Waals surface area contributed by atoms with E-state index in [1.165, 1.54) is 24.3 Å². The molecule has 2 aromatic carbocycles. The molecule has 1 unspecified atom stereocenters. The van der Waals surface area contributed by atoms with E-state index in [2.05, 4.69) is 10.3 Å². The first-order valence-corrected chi connectivity index (χ1v) is 8.73. The number of amides is 3. The Labute approximate surface area is 162 Å². The summed E-state index contributed by atoms with van der Waals surface area (Å²) < 4.78 is 40.8. The third kappa shape index (κ3) is 2.99. The molecule has 1 aliphatic rings. The smallest absolute Gasteiger partial charge is 0.325 e. The molecular formula is C19H13ClF3N3O2. The summed E-state index contributed by atoms with van der Waals surface area (Å²) >= 11 is 5.93. The summed E-state index contributed by atoms with van der Waals surface area (Å²) in [4.78, 5) is 28.5. The van der Waals surface area contributed by atoms with Gasteiger partial charge in [-0.1, -0.05) is 23.7 Å². The predicted molar refractivity (Wildman–Crippen MR) is 96.2 cm³/mol. The standard InChI is InChI=1S/C19H13ClF3N3O2/c20-15-12(21)5-4-11-10(7-24-17(11)15)6-14-18(27)26(19(28)25-14)8-9-2-1-3-13(22)16(9)23/h1-5,7,14,24H,6,8H2,(H,25,28). The number of aromatic nitrogens is 1. The van der Waals surface area contributed by atoms with E-state index >= 15 is 0 Å². The summed E-state index contributed by atoms with van der Waals surface area (Å²) in [5, 5.41) is 3.10. The number of nitrogens with one attached hydrogen (secondary N) is 2. The molecule has 1 aromatic heterocycles. The number of nitrogens with zero attached hydrogens (tertiary/aromatic N) is 1. The Morgan fingerprint density at radius 3 is 2.61 bits per heavy atom. The lowest BCUT2D eigenvalue weighted by Gasteiger charge is -2.14. The molecule has 5 nitrogen and oxygen atoms in total. The highest BCUT2D eigenvalue weighted by atomic mass is 35.5. The van der Waals surface area contributed by atoms with Gasteiger partial charge in [0.1, 0.15) is 16.9 Å². The van der Waals surface area contributed by atoms with E-state index in [-0.39, 0.29) is 23.6 Å². The summed E-state index contributed by atoms with van der Waals surface area (Å²) in [5.41, 5.74) is 0.958. The van der Waals surface area contributed by atoms with Crippen molar-refractivity contribution in [3.63, 3.8) is 0 Å². The highest BCUT2D eigenvalue weighted by molar-refractivity contribution is 6.35. The summed E-state index contributed by atoms with van der Waals surface area (Å²) in [7, 11) is 0. The Hall–Kier alpha value is -3.00. The van der Waals surface area contributed by atoms with Crippen LogP contribution >= 0.6 is 11.6 Å². The molecule has 0 bridgehead atoms. The van der Waals surface area contributed by atoms with Crippen LogP contribution < -0.4 is 5.32 Å². The molecule has 0 spiro atoms. The second-order valence-electron chi connectivity index (χ2n) is 6.44. The monoisotopic (exact) mass is 407 g/mol. The maximum Gasteiger partial charge on any atom is 0.325 e. The number of fused-ring (bicyclic) bond motifs is 1. The fourth-order valence-electron chi connectivity index (χ4n) is 3.29. The van der Waals surface area contributed by atoms with Crippen LogP contribution in [0.4, 0.5) is 18.0 Å². The number of hydrogen-bond acceptors (Lipinski definition) is 2. The number of carbonyl (C=O) groups is 2. The zero-order valence-corrected chi connectivity index (χ0v) is 15.0. The largest absolute Gasteiger partial charge is 0.360 e. The Kier molecular flexibility index (Phi) is 4.50. The molecule has 3 aromatic rings. The molecule has 3 amide bonds. The van der Waals surface area contributed by atoms with E-state index in [0.717, 1.165) is 11.0 Å². The van der Waals surface area contributed by atoms with Crippen LogP contribution in [0.5, 0.6) is 0 Å². The molecule has 1 atom stereocenters. The molecule has 0 saturated carbocycles. The first-order chi connectivity index (χ1) is 13.4. The Morgan fingerprint density at radius 1 is 1.04 bits per heavy atom. The van der Waals surface area contributed by atoms with Gasteiger partial charge in [-0.2, -0.15) is 0 Å². The van der Waals surface area contributed by atoms with Gasteiger partial charge in [0.15, 0.2) is 11.6 Å². The van der Waals surface area contributed by atoms with Gasteiger partial charge in [0.25, 0.3) is 5.91 Å². The molecule has 2 heterocycles. The van der Waals surface area contributed by atoms with E-state index in [1.54, 1.807) is 6.20 Å². The quantitative estimate of drug-likeness (QED) is 0.644. The van der Waals surface area contributed by atoms with Crippen molar-refractivity contribution < 1.29 is 22.8 Å². The third-order valence-corrected chi connectivity index (χ3v) is 5.09. The zero-order chi connectivity index (χ0) is 20.0. The summed E-state index contributed by atoms with van der Waals surface area (Å²) in [6, 6.07) is 4.74. The maximum atomic E-state index is 13.9. The van der Waals surface area contributed by atoms with Crippen LogP contribution in [0.3, 0.4) is 0 Å². The molecule has 28 heavy (non-hydrogen) atoms. The molecule has 4 rings (SSSR count). The molecule has 0 radical (unpaired) electrons. The molecular weight excluding hydrogens is 395 g/mol. The third-order valence-electron chi connectivity index (χ3n) is 4.72. The van der Waals surface area contributed by atoms with E-state index in [4.69, 9.17) is 11.6 Å². The molecule has 2 N–H and O–H groups in total. The summed E-state index contributed by atoms with van der Waals surface area (Å²) in [6.07, 6.45) is 1.72. The normalized spacial score (nSPS) is 16.9. The first-order valence-electron chi connectivity index (χ1n) is 8.35. The van der Waals surface area contributed by atoms with E-state index in [0.29, 0.717) is 16.5 Å². The van der Waals surface area contributed by atoms with Crippen LogP contribution in [0.25, 0.3) is 10.9 Å².